The summed E-state index contributed by atoms with van der Waals surface area (Å²) in [6.07, 6.45) is 3.70. The molecule has 1 N–H and O–H groups in total. The molecule has 1 aliphatic carbocycles. The molecule has 3 aromatic heterocycles. The molecule has 1 unspecified atom stereocenters. The average Bonchev–Trinajstić information content (AvgIpc) is 3.67. The molecule has 5 rings (SSSR count). The van der Waals surface area contributed by atoms with Crippen LogP contribution in [0.2, 0.25) is 5.02 Å². The minimum atomic E-state index is -2.55. The van der Waals surface area contributed by atoms with E-state index < -0.39 is 19.0 Å². The van der Waals surface area contributed by atoms with Gasteiger partial charge >= 0.3 is 0 Å². The first-order valence-corrected chi connectivity index (χ1v) is 14.7. The summed E-state index contributed by atoms with van der Waals surface area (Å²) in [6.45, 7) is 6.84. The van der Waals surface area contributed by atoms with Crippen molar-refractivity contribution in [3.05, 3.63) is 76.1 Å². The highest BCUT2D eigenvalue weighted by molar-refractivity contribution is 7.69. The number of hydrogen-bond acceptors (Lipinski definition) is 5. The second-order valence-electron chi connectivity index (χ2n) is 9.75. The van der Waals surface area contributed by atoms with Crippen LogP contribution in [0.5, 0.6) is 0 Å². The molecule has 0 aliphatic heterocycles. The molecule has 36 heavy (non-hydrogen) atoms. The average molecular weight is 527 g/mol. The third-order valence-electron chi connectivity index (χ3n) is 6.49. The summed E-state index contributed by atoms with van der Waals surface area (Å²) in [6, 6.07) is 9.41. The Kier molecular flexibility index (Phi) is 6.34. The smallest absolute Gasteiger partial charge is 0.151 e. The lowest BCUT2D eigenvalue weighted by Gasteiger charge is -2.20. The third kappa shape index (κ3) is 4.74. The summed E-state index contributed by atoms with van der Waals surface area (Å²) in [5, 5.41) is 3.65. The molecule has 1 saturated carbocycles. The Morgan fingerprint density at radius 2 is 1.83 bits per heavy atom. The van der Waals surface area contributed by atoms with Gasteiger partial charge < -0.3 is 9.88 Å². The number of halogens is 3. The summed E-state index contributed by atoms with van der Waals surface area (Å²) < 4.78 is 42.2. The van der Waals surface area contributed by atoms with Gasteiger partial charge in [0.05, 0.1) is 33.4 Å². The van der Waals surface area contributed by atoms with Crippen LogP contribution in [0.4, 0.5) is 14.5 Å². The quantitative estimate of drug-likeness (QED) is 0.268. The lowest BCUT2D eigenvalue weighted by atomic mass is 10.0. The van der Waals surface area contributed by atoms with Gasteiger partial charge in [0, 0.05) is 23.4 Å². The molecule has 186 valence electrons. The van der Waals surface area contributed by atoms with Crippen LogP contribution >= 0.6 is 18.7 Å². The number of pyridine rings is 3. The van der Waals surface area contributed by atoms with Crippen molar-refractivity contribution in [3.8, 4) is 11.3 Å². The van der Waals surface area contributed by atoms with Crippen molar-refractivity contribution in [1.82, 2.24) is 15.0 Å². The molecule has 9 heteroatoms. The lowest BCUT2D eigenvalue weighted by molar-refractivity contribution is 0.587. The van der Waals surface area contributed by atoms with Crippen molar-refractivity contribution in [2.24, 2.45) is 0 Å². The van der Waals surface area contributed by atoms with Gasteiger partial charge in [0.2, 0.25) is 0 Å². The Balaban J connectivity index is 1.59. The Bertz CT molecular complexity index is 1530. The van der Waals surface area contributed by atoms with Gasteiger partial charge in [-0.05, 0) is 69.7 Å². The van der Waals surface area contributed by atoms with Crippen molar-refractivity contribution < 1.29 is 13.3 Å². The van der Waals surface area contributed by atoms with Crippen LogP contribution in [0.25, 0.3) is 22.3 Å². The largest absolute Gasteiger partial charge is 0.375 e. The monoisotopic (exact) mass is 526 g/mol. The molecule has 0 radical (unpaired) electrons. The van der Waals surface area contributed by atoms with Crippen LogP contribution in [-0.2, 0) is 4.57 Å². The fourth-order valence-corrected chi connectivity index (χ4v) is 5.26. The van der Waals surface area contributed by atoms with Gasteiger partial charge in [-0.25, -0.2) is 18.7 Å². The minimum absolute atomic E-state index is 0.0722. The van der Waals surface area contributed by atoms with Crippen LogP contribution in [-0.4, -0.2) is 28.3 Å². The first-order valence-electron chi connectivity index (χ1n) is 11.8. The van der Waals surface area contributed by atoms with Crippen LogP contribution < -0.4 is 10.8 Å². The molecule has 0 bridgehead atoms. The SMILES string of the molecule is Cc1nc2cc(F)c(-c3ccc(P(C)(C)=O)nc3)nc2c(NC(C)c2cc(C3CC3)ccc2F)c1Cl. The number of aryl methyl sites for hydroxylation is 1. The summed E-state index contributed by atoms with van der Waals surface area (Å²) in [5.74, 6) is -0.379. The Morgan fingerprint density at radius 3 is 2.47 bits per heavy atom. The second kappa shape index (κ2) is 9.20. The maximum absolute atomic E-state index is 15.1. The van der Waals surface area contributed by atoms with Crippen molar-refractivity contribution in [3.63, 3.8) is 0 Å². The van der Waals surface area contributed by atoms with E-state index in [0.717, 1.165) is 18.4 Å². The number of fused-ring (bicyclic) bond motifs is 1. The van der Waals surface area contributed by atoms with Gasteiger partial charge in [0.1, 0.15) is 24.2 Å². The summed E-state index contributed by atoms with van der Waals surface area (Å²) in [5.41, 5.74) is 4.29. The summed E-state index contributed by atoms with van der Waals surface area (Å²) in [7, 11) is -2.55. The van der Waals surface area contributed by atoms with E-state index in [1.165, 1.54) is 18.3 Å². The first kappa shape index (κ1) is 24.8. The predicted molar refractivity (Wildman–Crippen MR) is 142 cm³/mol. The van der Waals surface area contributed by atoms with Crippen molar-refractivity contribution in [2.75, 3.05) is 18.6 Å². The van der Waals surface area contributed by atoms with Crippen LogP contribution in [0, 0.1) is 18.6 Å². The van der Waals surface area contributed by atoms with Gasteiger partial charge in [-0.2, -0.15) is 0 Å². The maximum atomic E-state index is 15.1. The van der Waals surface area contributed by atoms with E-state index in [9.17, 15) is 8.96 Å². The Hall–Kier alpha value is -2.89. The fraction of sp³-hybridized carbons (Fsp3) is 0.296. The van der Waals surface area contributed by atoms with Crippen molar-refractivity contribution in [2.45, 2.75) is 38.6 Å². The maximum Gasteiger partial charge on any atom is 0.151 e. The molecule has 1 aromatic carbocycles. The first-order chi connectivity index (χ1) is 17.0. The number of aromatic nitrogens is 3. The predicted octanol–water partition coefficient (Wildman–Crippen LogP) is 7.23. The highest BCUT2D eigenvalue weighted by Gasteiger charge is 2.26. The van der Waals surface area contributed by atoms with E-state index >= 15 is 4.39 Å². The zero-order chi connectivity index (χ0) is 25.8. The zero-order valence-corrected chi connectivity index (χ0v) is 22.1. The normalized spacial score (nSPS) is 14.8. The second-order valence-corrected chi connectivity index (χ2v) is 13.3. The van der Waals surface area contributed by atoms with Crippen LogP contribution in [0.3, 0.4) is 0 Å². The molecule has 1 aliphatic rings. The Morgan fingerprint density at radius 1 is 1.08 bits per heavy atom. The zero-order valence-electron chi connectivity index (χ0n) is 20.4. The standard InChI is InChI=1S/C27H26ClF2N4OP/c1-14(19-11-17(16-5-6-16)7-9-20(19)29)33-27-24(28)15(2)32-22-12-21(30)25(34-26(22)27)18-8-10-23(31-13-18)36(3,4)35/h7-14,16H,5-6H2,1-4H3,(H,32,33). The van der Waals surface area contributed by atoms with E-state index in [2.05, 4.69) is 20.3 Å². The van der Waals surface area contributed by atoms with Crippen LogP contribution in [0.1, 0.15) is 48.5 Å². The third-order valence-corrected chi connectivity index (χ3v) is 8.32. The summed E-state index contributed by atoms with van der Waals surface area (Å²) >= 11 is 6.65. The lowest BCUT2D eigenvalue weighted by Crippen LogP contribution is -2.11. The molecule has 1 atom stereocenters. The van der Waals surface area contributed by atoms with E-state index in [-0.39, 0.29) is 11.5 Å². The van der Waals surface area contributed by atoms with Gasteiger partial charge in [-0.1, -0.05) is 23.7 Å². The molecule has 5 nitrogen and oxygen atoms in total. The molecular formula is C27H26ClF2N4OP. The molecule has 0 spiro atoms. The minimum Gasteiger partial charge on any atom is -0.375 e. The van der Waals surface area contributed by atoms with E-state index in [4.69, 9.17) is 11.6 Å². The van der Waals surface area contributed by atoms with E-state index in [1.54, 1.807) is 32.4 Å². The van der Waals surface area contributed by atoms with Gasteiger partial charge in [-0.15, -0.1) is 0 Å². The summed E-state index contributed by atoms with van der Waals surface area (Å²) in [4.78, 5) is 13.3. The molecule has 1 fully saturated rings. The highest BCUT2D eigenvalue weighted by atomic mass is 35.5. The molecule has 0 amide bonds. The van der Waals surface area contributed by atoms with E-state index in [1.807, 2.05) is 19.1 Å². The molecule has 3 heterocycles. The Labute approximate surface area is 213 Å². The highest BCUT2D eigenvalue weighted by Crippen LogP contribution is 2.42. The van der Waals surface area contributed by atoms with Crippen molar-refractivity contribution in [1.29, 1.82) is 0 Å². The topological polar surface area (TPSA) is 67.8 Å². The number of hydrogen-bond donors (Lipinski definition) is 1. The number of nitrogens with one attached hydrogen (secondary N) is 1. The number of benzene rings is 1. The number of rotatable bonds is 6. The van der Waals surface area contributed by atoms with Crippen molar-refractivity contribution >= 4 is 40.9 Å². The number of nitrogens with zero attached hydrogens (tertiary/aromatic N) is 3. The van der Waals surface area contributed by atoms with Crippen LogP contribution in [0.15, 0.2) is 42.6 Å². The molecular weight excluding hydrogens is 501 g/mol. The van der Waals surface area contributed by atoms with E-state index in [0.29, 0.717) is 49.9 Å². The van der Waals surface area contributed by atoms with Gasteiger partial charge in [0.15, 0.2) is 5.82 Å². The molecule has 0 saturated heterocycles. The van der Waals surface area contributed by atoms with Gasteiger partial charge in [0.25, 0.3) is 0 Å². The molecule has 4 aromatic rings. The number of anilines is 1. The van der Waals surface area contributed by atoms with Gasteiger partial charge in [-0.3, -0.25) is 4.98 Å². The fourth-order valence-electron chi connectivity index (χ4n) is 4.30.